The lowest BCUT2D eigenvalue weighted by molar-refractivity contribution is 0.431. The van der Waals surface area contributed by atoms with E-state index in [0.29, 0.717) is 0 Å². The molecule has 0 unspecified atom stereocenters. The molecule has 0 amide bonds. The van der Waals surface area contributed by atoms with E-state index in [-0.39, 0.29) is 0 Å². The molecular formula is C15H20N2S2. The van der Waals surface area contributed by atoms with Crippen LogP contribution in [0.3, 0.4) is 0 Å². The van der Waals surface area contributed by atoms with Crippen molar-refractivity contribution < 1.29 is 0 Å². The highest BCUT2D eigenvalue weighted by Gasteiger charge is 2.19. The second kappa shape index (κ2) is 6.25. The summed E-state index contributed by atoms with van der Waals surface area (Å²) in [4.78, 5) is 2.49. The molecule has 2 nitrogen and oxygen atoms in total. The Balaban J connectivity index is 1.52. The summed E-state index contributed by atoms with van der Waals surface area (Å²) < 4.78 is 4.01. The molecule has 0 atom stereocenters. The third kappa shape index (κ3) is 3.50. The van der Waals surface area contributed by atoms with E-state index in [0.717, 1.165) is 26.2 Å². The van der Waals surface area contributed by atoms with Crippen LogP contribution in [0, 0.1) is 6.92 Å². The number of nitrogens with zero attached hydrogens (tertiary/aromatic N) is 2. The third-order valence-electron chi connectivity index (χ3n) is 3.53. The van der Waals surface area contributed by atoms with E-state index in [1.807, 2.05) is 23.7 Å². The summed E-state index contributed by atoms with van der Waals surface area (Å²) in [6, 6.07) is 8.90. The minimum Gasteiger partial charge on any atom is -0.369 e. The highest BCUT2D eigenvalue weighted by Crippen LogP contribution is 2.37. The van der Waals surface area contributed by atoms with Crippen LogP contribution >= 0.6 is 23.7 Å². The van der Waals surface area contributed by atoms with Gasteiger partial charge in [-0.1, -0.05) is 23.8 Å². The largest absolute Gasteiger partial charge is 0.369 e. The van der Waals surface area contributed by atoms with Crippen molar-refractivity contribution in [1.82, 2.24) is 4.31 Å². The van der Waals surface area contributed by atoms with Gasteiger partial charge in [0.25, 0.3) is 0 Å². The molecule has 0 radical (unpaired) electrons. The number of allylic oxidation sites excluding steroid dienone is 1. The van der Waals surface area contributed by atoms with E-state index in [9.17, 15) is 0 Å². The lowest BCUT2D eigenvalue weighted by Gasteiger charge is -2.35. The van der Waals surface area contributed by atoms with Crippen LogP contribution in [0.2, 0.25) is 0 Å². The van der Waals surface area contributed by atoms with Gasteiger partial charge in [-0.05, 0) is 37.4 Å². The van der Waals surface area contributed by atoms with Crippen LogP contribution in [0.25, 0.3) is 0 Å². The van der Waals surface area contributed by atoms with E-state index >= 15 is 0 Å². The zero-order chi connectivity index (χ0) is 13.1. The summed E-state index contributed by atoms with van der Waals surface area (Å²) in [7, 11) is 0. The molecule has 0 aromatic heterocycles. The van der Waals surface area contributed by atoms with Crippen molar-refractivity contribution in [2.24, 2.45) is 0 Å². The zero-order valence-corrected chi connectivity index (χ0v) is 13.0. The van der Waals surface area contributed by atoms with Gasteiger partial charge in [0.1, 0.15) is 0 Å². The lowest BCUT2D eigenvalue weighted by Crippen LogP contribution is -2.43. The molecule has 1 fully saturated rings. The fraction of sp³-hybridized carbons (Fsp3) is 0.467. The first-order valence-electron chi connectivity index (χ1n) is 6.89. The quantitative estimate of drug-likeness (QED) is 0.783. The predicted molar refractivity (Wildman–Crippen MR) is 87.7 cm³/mol. The minimum absolute atomic E-state index is 1.13. The van der Waals surface area contributed by atoms with Gasteiger partial charge in [-0.3, -0.25) is 0 Å². The number of piperazine rings is 1. The molecule has 1 aromatic carbocycles. The molecule has 0 saturated carbocycles. The summed E-state index contributed by atoms with van der Waals surface area (Å²) in [5, 5.41) is 0. The third-order valence-corrected chi connectivity index (χ3v) is 5.97. The average molecular weight is 292 g/mol. The summed E-state index contributed by atoms with van der Waals surface area (Å²) in [5.41, 5.74) is 2.70. The molecule has 0 spiro atoms. The predicted octanol–water partition coefficient (Wildman–Crippen LogP) is 3.74. The van der Waals surface area contributed by atoms with Crippen molar-refractivity contribution >= 4 is 29.4 Å². The number of rotatable bonds is 3. The number of aryl methyl sites for hydroxylation is 1. The number of thioether (sulfide) groups is 1. The first kappa shape index (κ1) is 13.4. The average Bonchev–Trinajstić information content (AvgIpc) is 2.94. The maximum Gasteiger partial charge on any atom is 0.0518 e. The van der Waals surface area contributed by atoms with Gasteiger partial charge in [0.2, 0.25) is 0 Å². The van der Waals surface area contributed by atoms with E-state index in [1.54, 1.807) is 0 Å². The molecular weight excluding hydrogens is 272 g/mol. The number of hydrogen-bond acceptors (Lipinski definition) is 4. The number of anilines is 1. The summed E-state index contributed by atoms with van der Waals surface area (Å²) in [6.07, 6.45) is 3.62. The van der Waals surface area contributed by atoms with Crippen LogP contribution in [0.5, 0.6) is 0 Å². The Morgan fingerprint density at radius 3 is 2.42 bits per heavy atom. The van der Waals surface area contributed by atoms with Gasteiger partial charge in [-0.15, -0.1) is 11.8 Å². The number of benzene rings is 1. The molecule has 1 aromatic rings. The van der Waals surface area contributed by atoms with Crippen LogP contribution in [-0.2, 0) is 0 Å². The number of hydrogen-bond donors (Lipinski definition) is 0. The van der Waals surface area contributed by atoms with E-state index in [4.69, 9.17) is 0 Å². The van der Waals surface area contributed by atoms with Gasteiger partial charge in [0.05, 0.1) is 4.24 Å². The molecule has 3 rings (SSSR count). The first-order chi connectivity index (χ1) is 9.31. The fourth-order valence-electron chi connectivity index (χ4n) is 2.38. The highest BCUT2D eigenvalue weighted by molar-refractivity contribution is 8.21. The second-order valence-corrected chi connectivity index (χ2v) is 7.54. The normalized spacial score (nSPS) is 20.7. The Kier molecular flexibility index (Phi) is 4.41. The summed E-state index contributed by atoms with van der Waals surface area (Å²) >= 11 is 3.96. The molecule has 19 heavy (non-hydrogen) atoms. The monoisotopic (exact) mass is 292 g/mol. The van der Waals surface area contributed by atoms with Crippen molar-refractivity contribution in [3.63, 3.8) is 0 Å². The van der Waals surface area contributed by atoms with Gasteiger partial charge >= 0.3 is 0 Å². The molecule has 2 aliphatic heterocycles. The SMILES string of the molecule is Cc1ccc(N2CCN(SC3=CCCS3)CC2)cc1. The highest BCUT2D eigenvalue weighted by atomic mass is 32.2. The van der Waals surface area contributed by atoms with E-state index in [1.165, 1.54) is 27.7 Å². The van der Waals surface area contributed by atoms with Crippen LogP contribution in [0.15, 0.2) is 34.6 Å². The Morgan fingerprint density at radius 2 is 1.79 bits per heavy atom. The van der Waals surface area contributed by atoms with Gasteiger partial charge in [-0.2, -0.15) is 0 Å². The van der Waals surface area contributed by atoms with Gasteiger partial charge < -0.3 is 4.90 Å². The fourth-order valence-corrected chi connectivity index (χ4v) is 4.62. The minimum atomic E-state index is 1.13. The second-order valence-electron chi connectivity index (χ2n) is 5.00. The van der Waals surface area contributed by atoms with E-state index in [2.05, 4.69) is 46.5 Å². The van der Waals surface area contributed by atoms with Gasteiger partial charge in [0.15, 0.2) is 0 Å². The Hall–Kier alpha value is -0.580. The van der Waals surface area contributed by atoms with Gasteiger partial charge in [-0.25, -0.2) is 4.31 Å². The Morgan fingerprint density at radius 1 is 1.05 bits per heavy atom. The molecule has 1 saturated heterocycles. The Bertz CT molecular complexity index is 448. The topological polar surface area (TPSA) is 6.48 Å². The smallest absolute Gasteiger partial charge is 0.0518 e. The summed E-state index contributed by atoms with van der Waals surface area (Å²) in [6.45, 7) is 6.71. The molecule has 2 aliphatic rings. The van der Waals surface area contributed by atoms with Crippen molar-refractivity contribution in [2.45, 2.75) is 13.3 Å². The van der Waals surface area contributed by atoms with Crippen LogP contribution in [0.4, 0.5) is 5.69 Å². The molecule has 0 aliphatic carbocycles. The van der Waals surface area contributed by atoms with E-state index < -0.39 is 0 Å². The maximum absolute atomic E-state index is 2.51. The molecule has 102 valence electrons. The van der Waals surface area contributed by atoms with Crippen LogP contribution in [-0.4, -0.2) is 36.2 Å². The standard InChI is InChI=1S/C15H20N2S2/c1-13-4-6-14(7-5-13)16-8-10-17(11-9-16)19-15-3-2-12-18-15/h3-7H,2,8-12H2,1H3. The van der Waals surface area contributed by atoms with Crippen molar-refractivity contribution in [3.8, 4) is 0 Å². The molecule has 0 N–H and O–H groups in total. The first-order valence-corrected chi connectivity index (χ1v) is 8.65. The maximum atomic E-state index is 2.51. The van der Waals surface area contributed by atoms with Crippen molar-refractivity contribution in [1.29, 1.82) is 0 Å². The van der Waals surface area contributed by atoms with Gasteiger partial charge in [0, 0.05) is 37.6 Å². The Labute approximate surface area is 124 Å². The van der Waals surface area contributed by atoms with Crippen molar-refractivity contribution in [2.75, 3.05) is 36.8 Å². The summed E-state index contributed by atoms with van der Waals surface area (Å²) in [5.74, 6) is 1.27. The molecule has 0 bridgehead atoms. The van der Waals surface area contributed by atoms with Crippen molar-refractivity contribution in [3.05, 3.63) is 40.1 Å². The molecule has 2 heterocycles. The zero-order valence-electron chi connectivity index (χ0n) is 11.3. The van der Waals surface area contributed by atoms with Crippen LogP contribution < -0.4 is 4.90 Å². The lowest BCUT2D eigenvalue weighted by atomic mass is 10.2. The van der Waals surface area contributed by atoms with Crippen LogP contribution in [0.1, 0.15) is 12.0 Å². The molecule has 4 heteroatoms.